The van der Waals surface area contributed by atoms with Crippen molar-refractivity contribution in [3.05, 3.63) is 239 Å². The number of nitrogens with zero attached hydrogens (tertiary/aromatic N) is 2. The van der Waals surface area contributed by atoms with E-state index in [4.69, 9.17) is 8.83 Å². The highest BCUT2D eigenvalue weighted by Crippen LogP contribution is 2.47. The first-order valence-corrected chi connectivity index (χ1v) is 22.7. The molecule has 0 unspecified atom stereocenters. The molecule has 4 aromatic heterocycles. The van der Waals surface area contributed by atoms with Crippen LogP contribution in [0.25, 0.3) is 132 Å². The van der Waals surface area contributed by atoms with Gasteiger partial charge in [0.25, 0.3) is 0 Å². The molecule has 14 rings (SSSR count). The summed E-state index contributed by atoms with van der Waals surface area (Å²) < 4.78 is 17.4. The van der Waals surface area contributed by atoms with E-state index in [-0.39, 0.29) is 11.3 Å². The van der Waals surface area contributed by atoms with Crippen LogP contribution in [-0.4, -0.2) is 9.13 Å². The van der Waals surface area contributed by atoms with Crippen LogP contribution >= 0.6 is 0 Å². The molecule has 68 heavy (non-hydrogen) atoms. The molecule has 6 heteroatoms. The maximum Gasteiger partial charge on any atom is 0.344 e. The average molecular weight is 873 g/mol. The van der Waals surface area contributed by atoms with E-state index >= 15 is 0 Å². The highest BCUT2D eigenvalue weighted by atomic mass is 16.4. The minimum atomic E-state index is -0.379. The van der Waals surface area contributed by atoms with Crippen molar-refractivity contribution < 1.29 is 8.83 Å². The Kier molecular flexibility index (Phi) is 8.18. The Morgan fingerprint density at radius 3 is 1.56 bits per heavy atom. The lowest BCUT2D eigenvalue weighted by atomic mass is 9.92. The number of benzene rings is 10. The predicted molar refractivity (Wildman–Crippen MR) is 279 cm³/mol. The smallest absolute Gasteiger partial charge is 0.344 e. The van der Waals surface area contributed by atoms with Gasteiger partial charge in [0.15, 0.2) is 11.2 Å². The zero-order valence-corrected chi connectivity index (χ0v) is 36.3. The van der Waals surface area contributed by atoms with Crippen molar-refractivity contribution in [1.82, 2.24) is 9.13 Å². The van der Waals surface area contributed by atoms with Crippen molar-refractivity contribution in [2.24, 2.45) is 0 Å². The third-order valence-electron chi connectivity index (χ3n) is 13.8. The van der Waals surface area contributed by atoms with Crippen molar-refractivity contribution in [3.8, 4) is 44.8 Å². The molecular weight excluding hydrogens is 837 g/mol. The summed E-state index contributed by atoms with van der Waals surface area (Å²) in [4.78, 5) is 27.7. The van der Waals surface area contributed by atoms with Gasteiger partial charge in [-0.3, -0.25) is 0 Å². The molecule has 318 valence electrons. The number of hydrogen-bond donors (Lipinski definition) is 0. The van der Waals surface area contributed by atoms with Crippen molar-refractivity contribution >= 4 is 87.1 Å². The average Bonchev–Trinajstić information content (AvgIpc) is 3.93. The Morgan fingerprint density at radius 1 is 0.309 bits per heavy atom. The van der Waals surface area contributed by atoms with Crippen LogP contribution in [0.3, 0.4) is 0 Å². The van der Waals surface area contributed by atoms with Crippen molar-refractivity contribution in [1.29, 1.82) is 0 Å². The summed E-state index contributed by atoms with van der Waals surface area (Å²) in [6.07, 6.45) is 0. The van der Waals surface area contributed by atoms with Crippen molar-refractivity contribution in [3.63, 3.8) is 0 Å². The van der Waals surface area contributed by atoms with Crippen LogP contribution in [0.2, 0.25) is 0 Å². The predicted octanol–water partition coefficient (Wildman–Crippen LogP) is 15.4. The summed E-state index contributed by atoms with van der Waals surface area (Å²) in [5.41, 5.74) is 12.0. The SMILES string of the molecule is O=c1oc2c(ccc3c4ccccc4n(-c4ccc(-c5cc6c7ccccc7c(=O)oc6c6c5c5ccccc5n6-c5cccc(-c6ccccc6)c5)cc4-c4ccccc4)c32)c2ccccc12. The number of rotatable bonds is 5. The Morgan fingerprint density at radius 2 is 0.853 bits per heavy atom. The lowest BCUT2D eigenvalue weighted by molar-refractivity contribution is 0.571. The molecule has 0 bridgehead atoms. The van der Waals surface area contributed by atoms with Gasteiger partial charge in [-0.1, -0.05) is 158 Å². The summed E-state index contributed by atoms with van der Waals surface area (Å²) in [7, 11) is 0. The van der Waals surface area contributed by atoms with Gasteiger partial charge in [0.1, 0.15) is 0 Å². The van der Waals surface area contributed by atoms with Crippen LogP contribution in [0.4, 0.5) is 0 Å². The molecular formula is C62H36N2O4. The minimum absolute atomic E-state index is 0.370. The zero-order chi connectivity index (χ0) is 45.0. The van der Waals surface area contributed by atoms with Crippen LogP contribution in [0, 0.1) is 0 Å². The second kappa shape index (κ2) is 14.6. The monoisotopic (exact) mass is 872 g/mol. The normalized spacial score (nSPS) is 11.9. The first-order valence-electron chi connectivity index (χ1n) is 22.7. The van der Waals surface area contributed by atoms with Gasteiger partial charge in [0.2, 0.25) is 0 Å². The highest BCUT2D eigenvalue weighted by molar-refractivity contribution is 6.26. The minimum Gasteiger partial charge on any atom is -0.420 e. The maximum absolute atomic E-state index is 14.0. The van der Waals surface area contributed by atoms with Crippen LogP contribution in [0.15, 0.2) is 237 Å². The van der Waals surface area contributed by atoms with E-state index in [1.54, 1.807) is 0 Å². The van der Waals surface area contributed by atoms with Gasteiger partial charge in [-0.2, -0.15) is 0 Å². The fraction of sp³-hybridized carbons (Fsp3) is 0. The Balaban J connectivity index is 1.12. The Bertz CT molecular complexity index is 4540. The zero-order valence-electron chi connectivity index (χ0n) is 36.3. The van der Waals surface area contributed by atoms with E-state index in [1.165, 1.54) is 0 Å². The summed E-state index contributed by atoms with van der Waals surface area (Å²) in [5, 5.41) is 8.51. The van der Waals surface area contributed by atoms with E-state index < -0.39 is 0 Å². The molecule has 10 aromatic carbocycles. The van der Waals surface area contributed by atoms with E-state index in [9.17, 15) is 9.59 Å². The number of aromatic nitrogens is 2. The summed E-state index contributed by atoms with van der Waals surface area (Å²) in [5.74, 6) is 0. The van der Waals surface area contributed by atoms with E-state index in [1.807, 2.05) is 60.7 Å². The fourth-order valence-corrected chi connectivity index (χ4v) is 10.8. The van der Waals surface area contributed by atoms with Crippen LogP contribution in [-0.2, 0) is 0 Å². The third-order valence-corrected chi connectivity index (χ3v) is 13.8. The van der Waals surface area contributed by atoms with Crippen molar-refractivity contribution in [2.75, 3.05) is 0 Å². The fourth-order valence-electron chi connectivity index (χ4n) is 10.8. The molecule has 0 aliphatic rings. The molecule has 0 atom stereocenters. The summed E-state index contributed by atoms with van der Waals surface area (Å²) in [6.45, 7) is 0. The largest absolute Gasteiger partial charge is 0.420 e. The number of fused-ring (bicyclic) bond motifs is 14. The Hall–Kier alpha value is -9.26. The topological polar surface area (TPSA) is 70.3 Å². The first kappa shape index (κ1) is 38.1. The molecule has 0 aliphatic heterocycles. The van der Waals surface area contributed by atoms with Crippen LogP contribution in [0.5, 0.6) is 0 Å². The molecule has 0 N–H and O–H groups in total. The van der Waals surface area contributed by atoms with Crippen LogP contribution in [0.1, 0.15) is 0 Å². The molecule has 0 saturated heterocycles. The molecule has 6 nitrogen and oxygen atoms in total. The van der Waals surface area contributed by atoms with Gasteiger partial charge in [0, 0.05) is 49.0 Å². The van der Waals surface area contributed by atoms with Gasteiger partial charge < -0.3 is 18.0 Å². The second-order valence-corrected chi connectivity index (χ2v) is 17.5. The number of para-hydroxylation sites is 2. The Labute approximate surface area is 387 Å². The van der Waals surface area contributed by atoms with E-state index in [0.717, 1.165) is 110 Å². The van der Waals surface area contributed by atoms with Gasteiger partial charge in [0.05, 0.1) is 38.5 Å². The summed E-state index contributed by atoms with van der Waals surface area (Å²) >= 11 is 0. The molecule has 14 aromatic rings. The molecule has 0 aliphatic carbocycles. The standard InChI is InChI=1S/C62H36N2O4/c65-61-47-25-9-7-22-42(47)46-32-31-45-44-24-11-13-28-53(44)64(57(45)59(46)67-61)55-33-30-40(35-50(55)38-18-5-2-6-19-38)51-36-52-43-23-8-10-26-48(43)62(66)68-60(52)58-56(51)49-27-12-14-29-54(49)63(58)41-21-15-20-39(34-41)37-16-3-1-4-17-37/h1-36H. The van der Waals surface area contributed by atoms with Gasteiger partial charge in [-0.05, 0) is 93.9 Å². The molecule has 0 fully saturated rings. The quantitative estimate of drug-likeness (QED) is 0.128. The van der Waals surface area contributed by atoms with Gasteiger partial charge >= 0.3 is 11.3 Å². The lowest BCUT2D eigenvalue weighted by Crippen LogP contribution is -2.03. The molecule has 0 saturated carbocycles. The van der Waals surface area contributed by atoms with Crippen molar-refractivity contribution in [2.45, 2.75) is 0 Å². The summed E-state index contributed by atoms with van der Waals surface area (Å²) in [6, 6.07) is 74.7. The third kappa shape index (κ3) is 5.52. The second-order valence-electron chi connectivity index (χ2n) is 17.5. The van der Waals surface area contributed by atoms with Crippen LogP contribution < -0.4 is 11.3 Å². The first-order chi connectivity index (χ1) is 33.6. The number of hydrogen-bond acceptors (Lipinski definition) is 4. The maximum atomic E-state index is 14.0. The highest BCUT2D eigenvalue weighted by Gasteiger charge is 2.25. The van der Waals surface area contributed by atoms with E-state index in [2.05, 4.69) is 167 Å². The molecule has 0 radical (unpaired) electrons. The van der Waals surface area contributed by atoms with Gasteiger partial charge in [-0.25, -0.2) is 9.59 Å². The van der Waals surface area contributed by atoms with E-state index in [0.29, 0.717) is 21.9 Å². The molecule has 4 heterocycles. The lowest BCUT2D eigenvalue weighted by Gasteiger charge is -2.18. The molecule has 0 spiro atoms. The van der Waals surface area contributed by atoms with Gasteiger partial charge in [-0.15, -0.1) is 0 Å². The molecule has 0 amide bonds.